The normalized spacial score (nSPS) is 26.8. The number of hydrogen-bond donors (Lipinski definition) is 7. The third kappa shape index (κ3) is 3.34. The van der Waals surface area contributed by atoms with Gasteiger partial charge in [-0.2, -0.15) is 0 Å². The number of aliphatic hydroxyl groups is 3. The number of phenols is 1. The van der Waals surface area contributed by atoms with Crippen LogP contribution in [0.15, 0.2) is 53.3 Å². The number of nitrogens with two attached hydrogens (primary N) is 2. The molecule has 38 heavy (non-hydrogen) atoms. The van der Waals surface area contributed by atoms with Crippen molar-refractivity contribution in [1.82, 2.24) is 4.90 Å². The molecule has 9 N–H and O–H groups in total. The Balaban J connectivity index is 1.78. The first-order valence-electron chi connectivity index (χ1n) is 12.3. The molecule has 0 aliphatic heterocycles. The average molecular weight is 519 g/mol. The lowest BCUT2D eigenvalue weighted by Gasteiger charge is -2.50. The largest absolute Gasteiger partial charge is 0.508 e. The van der Waals surface area contributed by atoms with E-state index in [9.17, 15) is 30.0 Å². The number of aromatic hydroxyl groups is 1. The molecule has 0 saturated heterocycles. The van der Waals surface area contributed by atoms with E-state index in [0.29, 0.717) is 11.1 Å². The highest BCUT2D eigenvalue weighted by atomic mass is 16.3. The Morgan fingerprint density at radius 1 is 1.16 bits per heavy atom. The molecular formula is C28H30N4O6. The zero-order chi connectivity index (χ0) is 27.7. The van der Waals surface area contributed by atoms with Crippen molar-refractivity contribution in [2.24, 2.45) is 23.3 Å². The monoisotopic (exact) mass is 518 g/mol. The average Bonchev–Trinajstić information content (AvgIpc) is 2.86. The van der Waals surface area contributed by atoms with Gasteiger partial charge in [-0.1, -0.05) is 30.3 Å². The number of amidine groups is 1. The Kier molecular flexibility index (Phi) is 5.94. The van der Waals surface area contributed by atoms with Gasteiger partial charge in [-0.15, -0.1) is 0 Å². The van der Waals surface area contributed by atoms with Crippen LogP contribution >= 0.6 is 0 Å². The number of nitrogens with one attached hydrogen (secondary N) is 1. The van der Waals surface area contributed by atoms with E-state index in [1.807, 2.05) is 30.3 Å². The van der Waals surface area contributed by atoms with Crippen molar-refractivity contribution in [3.8, 4) is 16.9 Å². The zero-order valence-electron chi connectivity index (χ0n) is 21.0. The van der Waals surface area contributed by atoms with Crippen molar-refractivity contribution < 1.29 is 30.0 Å². The first kappa shape index (κ1) is 25.7. The Morgan fingerprint density at radius 2 is 1.82 bits per heavy atom. The van der Waals surface area contributed by atoms with Crippen LogP contribution in [0.5, 0.6) is 5.75 Å². The molecule has 0 amide bonds. The molecule has 10 heteroatoms. The van der Waals surface area contributed by atoms with E-state index in [2.05, 4.69) is 0 Å². The van der Waals surface area contributed by atoms with Gasteiger partial charge in [-0.05, 0) is 55.6 Å². The summed E-state index contributed by atoms with van der Waals surface area (Å²) in [5.74, 6) is -5.87. The second kappa shape index (κ2) is 8.80. The van der Waals surface area contributed by atoms with Gasteiger partial charge in [-0.3, -0.25) is 19.9 Å². The first-order valence-corrected chi connectivity index (χ1v) is 12.3. The van der Waals surface area contributed by atoms with Crippen molar-refractivity contribution >= 4 is 23.2 Å². The lowest BCUT2D eigenvalue weighted by Crippen LogP contribution is -2.65. The highest BCUT2D eigenvalue weighted by Gasteiger charge is 2.63. The number of fused-ring (bicyclic) bond motifs is 3. The van der Waals surface area contributed by atoms with Crippen LogP contribution in [0.25, 0.3) is 16.9 Å². The van der Waals surface area contributed by atoms with Crippen LogP contribution in [0.1, 0.15) is 23.1 Å². The summed E-state index contributed by atoms with van der Waals surface area (Å²) in [4.78, 5) is 28.8. The maximum absolute atomic E-state index is 14.0. The molecule has 10 nitrogen and oxygen atoms in total. The minimum atomic E-state index is -2.59. The second-order valence-corrected chi connectivity index (χ2v) is 10.4. The lowest BCUT2D eigenvalue weighted by molar-refractivity contribution is -0.152. The number of carbonyl (C=O) groups excluding carboxylic acids is 2. The van der Waals surface area contributed by atoms with Crippen molar-refractivity contribution in [1.29, 1.82) is 5.41 Å². The van der Waals surface area contributed by atoms with Crippen LogP contribution < -0.4 is 11.5 Å². The SMILES string of the molecule is CN(C)[C@H]1C(=O)C(C(=N)N)=C(O)[C@@]2(O)C(=O)C3=C(O)c4c(O)c(CN)cc(-c5ccccc5)c4C[C@H]3C[C@@H]12. The maximum Gasteiger partial charge on any atom is 0.202 e. The van der Waals surface area contributed by atoms with E-state index in [1.165, 1.54) is 4.90 Å². The Morgan fingerprint density at radius 3 is 2.39 bits per heavy atom. The molecule has 5 rings (SSSR count). The summed E-state index contributed by atoms with van der Waals surface area (Å²) in [5.41, 5.74) is 10.7. The van der Waals surface area contributed by atoms with Crippen LogP contribution in [0, 0.1) is 17.2 Å². The molecule has 3 aliphatic carbocycles. The summed E-state index contributed by atoms with van der Waals surface area (Å²) in [5, 5.41) is 53.2. The molecule has 0 heterocycles. The van der Waals surface area contributed by atoms with Gasteiger partial charge in [0.2, 0.25) is 5.78 Å². The van der Waals surface area contributed by atoms with Crippen molar-refractivity contribution in [3.05, 3.63) is 70.0 Å². The molecule has 2 aromatic rings. The fourth-order valence-electron chi connectivity index (χ4n) is 6.42. The second-order valence-electron chi connectivity index (χ2n) is 10.4. The fourth-order valence-corrected chi connectivity index (χ4v) is 6.42. The van der Waals surface area contributed by atoms with Crippen LogP contribution in [0.3, 0.4) is 0 Å². The van der Waals surface area contributed by atoms with Gasteiger partial charge in [0.25, 0.3) is 0 Å². The molecule has 1 saturated carbocycles. The number of likely N-dealkylation sites (N-methyl/N-ethyl adjacent to an activating group) is 1. The lowest BCUT2D eigenvalue weighted by atomic mass is 9.57. The molecule has 2 aromatic carbocycles. The van der Waals surface area contributed by atoms with Crippen LogP contribution in [-0.2, 0) is 22.6 Å². The Hall–Kier alpha value is -3.99. The van der Waals surface area contributed by atoms with Crippen molar-refractivity contribution in [2.45, 2.75) is 31.0 Å². The summed E-state index contributed by atoms with van der Waals surface area (Å²) >= 11 is 0. The van der Waals surface area contributed by atoms with Crippen LogP contribution in [-0.4, -0.2) is 68.5 Å². The number of ketones is 2. The molecule has 0 spiro atoms. The first-order chi connectivity index (χ1) is 17.9. The Bertz CT molecular complexity index is 1460. The van der Waals surface area contributed by atoms with Gasteiger partial charge >= 0.3 is 0 Å². The van der Waals surface area contributed by atoms with E-state index in [-0.39, 0.29) is 36.3 Å². The van der Waals surface area contributed by atoms with E-state index in [1.54, 1.807) is 20.2 Å². The molecule has 0 bridgehead atoms. The number of carbonyl (C=O) groups is 2. The van der Waals surface area contributed by atoms with Crippen molar-refractivity contribution in [3.63, 3.8) is 0 Å². The number of phenolic OH excluding ortho intramolecular Hbond substituents is 1. The summed E-state index contributed by atoms with van der Waals surface area (Å²) in [7, 11) is 3.21. The minimum Gasteiger partial charge on any atom is -0.508 e. The van der Waals surface area contributed by atoms with Gasteiger partial charge in [0.05, 0.1) is 11.6 Å². The summed E-state index contributed by atoms with van der Waals surface area (Å²) in [6.45, 7) is -0.0247. The van der Waals surface area contributed by atoms with E-state index in [0.717, 1.165) is 11.1 Å². The third-order valence-corrected chi connectivity index (χ3v) is 8.13. The van der Waals surface area contributed by atoms with E-state index < -0.39 is 58.0 Å². The van der Waals surface area contributed by atoms with Crippen LogP contribution in [0.4, 0.5) is 0 Å². The zero-order valence-corrected chi connectivity index (χ0v) is 21.0. The molecule has 4 atom stereocenters. The number of nitrogens with zero attached hydrogens (tertiary/aromatic N) is 1. The highest BCUT2D eigenvalue weighted by molar-refractivity contribution is 6.25. The summed E-state index contributed by atoms with van der Waals surface area (Å²) < 4.78 is 0. The highest BCUT2D eigenvalue weighted by Crippen LogP contribution is 2.54. The van der Waals surface area contributed by atoms with Crippen molar-refractivity contribution in [2.75, 3.05) is 14.1 Å². The summed E-state index contributed by atoms with van der Waals surface area (Å²) in [6.07, 6.45) is 0.298. The molecule has 0 aromatic heterocycles. The maximum atomic E-state index is 14.0. The number of rotatable bonds is 4. The van der Waals surface area contributed by atoms with Gasteiger partial charge < -0.3 is 31.9 Å². The molecule has 0 radical (unpaired) electrons. The molecule has 0 unspecified atom stereocenters. The van der Waals surface area contributed by atoms with E-state index >= 15 is 0 Å². The number of Topliss-reactive ketones (excluding diaryl/α,β-unsaturated/α-hetero) is 2. The van der Waals surface area contributed by atoms with Crippen LogP contribution in [0.2, 0.25) is 0 Å². The standard InChI is InChI=1S/C28H30N4O6/c1-32(2)21-17-10-13-8-16-15(12-6-4-3-5-7-12)9-14(11-29)22(33)19(16)23(34)18(13)25(36)28(17,38)26(37)20(24(21)35)27(30)31/h3-7,9,13,17,21,33-34,37-38H,8,10-11,29H2,1-2H3,(H3,30,31)/t13-,17-,21+,28-/m0/s1. The quantitative estimate of drug-likeness (QED) is 0.232. The summed E-state index contributed by atoms with van der Waals surface area (Å²) in [6, 6.07) is 10.1. The van der Waals surface area contributed by atoms with Gasteiger partial charge in [0.1, 0.15) is 28.7 Å². The Labute approximate surface area is 219 Å². The molecular weight excluding hydrogens is 488 g/mol. The number of aliphatic hydroxyl groups excluding tert-OH is 2. The molecule has 1 fully saturated rings. The number of hydrogen-bond acceptors (Lipinski definition) is 9. The topological polar surface area (TPSA) is 194 Å². The molecule has 3 aliphatic rings. The van der Waals surface area contributed by atoms with E-state index in [4.69, 9.17) is 16.9 Å². The van der Waals surface area contributed by atoms with Gasteiger partial charge in [0, 0.05) is 23.6 Å². The third-order valence-electron chi connectivity index (χ3n) is 8.13. The van der Waals surface area contributed by atoms with Gasteiger partial charge in [0.15, 0.2) is 11.4 Å². The number of benzene rings is 2. The molecule has 198 valence electrons. The predicted molar refractivity (Wildman–Crippen MR) is 140 cm³/mol. The van der Waals surface area contributed by atoms with Gasteiger partial charge in [-0.25, -0.2) is 0 Å². The smallest absolute Gasteiger partial charge is 0.202 e. The predicted octanol–water partition coefficient (Wildman–Crippen LogP) is 1.54. The fraction of sp³-hybridized carbons (Fsp3) is 0.321. The minimum absolute atomic E-state index is 0.0247.